The van der Waals surface area contributed by atoms with Crippen LogP contribution in [0.2, 0.25) is 0 Å². The van der Waals surface area contributed by atoms with Gasteiger partial charge in [0.25, 0.3) is 0 Å². The van der Waals surface area contributed by atoms with Crippen molar-refractivity contribution in [3.8, 4) is 5.75 Å². The number of urea groups is 1. The van der Waals surface area contributed by atoms with Crippen molar-refractivity contribution in [1.82, 2.24) is 4.90 Å². The van der Waals surface area contributed by atoms with Gasteiger partial charge in [-0.25, -0.2) is 9.59 Å². The molecule has 0 aliphatic carbocycles. The van der Waals surface area contributed by atoms with Crippen LogP contribution >= 0.6 is 0 Å². The minimum absolute atomic E-state index is 0.0807. The van der Waals surface area contributed by atoms with Gasteiger partial charge in [-0.15, -0.1) is 0 Å². The Labute approximate surface area is 123 Å². The van der Waals surface area contributed by atoms with Crippen LogP contribution in [0.3, 0.4) is 0 Å². The van der Waals surface area contributed by atoms with E-state index in [0.717, 1.165) is 6.07 Å². The summed E-state index contributed by atoms with van der Waals surface area (Å²) >= 11 is 0. The number of benzene rings is 1. The number of phenolic OH excluding ortho intramolecular Hbond substituents is 1. The number of nitrogens with zero attached hydrogens (tertiary/aromatic N) is 1. The Morgan fingerprint density at radius 2 is 2.05 bits per heavy atom. The Morgan fingerprint density at radius 1 is 1.38 bits per heavy atom. The molecule has 116 valence electrons. The molecule has 0 unspecified atom stereocenters. The van der Waals surface area contributed by atoms with Crippen molar-refractivity contribution in [3.63, 3.8) is 0 Å². The summed E-state index contributed by atoms with van der Waals surface area (Å²) in [4.78, 5) is 24.4. The molecule has 1 aromatic carbocycles. The minimum atomic E-state index is -1.23. The van der Waals surface area contributed by atoms with Gasteiger partial charge in [0.05, 0.1) is 24.0 Å². The minimum Gasteiger partial charge on any atom is -0.508 e. The van der Waals surface area contributed by atoms with Crippen LogP contribution in [0.5, 0.6) is 5.75 Å². The third kappa shape index (κ3) is 5.31. The lowest BCUT2D eigenvalue weighted by Crippen LogP contribution is -2.34. The van der Waals surface area contributed by atoms with Crippen LogP contribution in [0.25, 0.3) is 0 Å². The number of ether oxygens (including phenoxy) is 1. The van der Waals surface area contributed by atoms with Crippen LogP contribution in [0.15, 0.2) is 18.2 Å². The molecule has 1 aromatic rings. The molecule has 0 aliphatic rings. The van der Waals surface area contributed by atoms with Crippen molar-refractivity contribution in [2.75, 3.05) is 25.5 Å². The summed E-state index contributed by atoms with van der Waals surface area (Å²) in [6.45, 7) is 4.57. The lowest BCUT2D eigenvalue weighted by molar-refractivity contribution is 0.0687. The fourth-order valence-corrected chi connectivity index (χ4v) is 1.56. The average Bonchev–Trinajstić information content (AvgIpc) is 2.39. The van der Waals surface area contributed by atoms with Crippen LogP contribution < -0.4 is 5.32 Å². The van der Waals surface area contributed by atoms with Gasteiger partial charge >= 0.3 is 12.0 Å². The molecule has 21 heavy (non-hydrogen) atoms. The number of hydrogen-bond acceptors (Lipinski definition) is 4. The SMILES string of the molecule is CC(C)OCCN(C)C(=O)Nc1ccc(O)cc1C(=O)O. The summed E-state index contributed by atoms with van der Waals surface area (Å²) in [7, 11) is 1.58. The Morgan fingerprint density at radius 3 is 2.62 bits per heavy atom. The summed E-state index contributed by atoms with van der Waals surface area (Å²) < 4.78 is 5.34. The van der Waals surface area contributed by atoms with Crippen LogP contribution in [0.1, 0.15) is 24.2 Å². The van der Waals surface area contributed by atoms with Gasteiger partial charge in [0.15, 0.2) is 0 Å². The summed E-state index contributed by atoms with van der Waals surface area (Å²) in [5, 5.41) is 20.8. The summed E-state index contributed by atoms with van der Waals surface area (Å²) in [6.07, 6.45) is 0.0807. The van der Waals surface area contributed by atoms with E-state index in [1.165, 1.54) is 17.0 Å². The van der Waals surface area contributed by atoms with E-state index in [1.54, 1.807) is 7.05 Å². The Hall–Kier alpha value is -2.28. The largest absolute Gasteiger partial charge is 0.508 e. The maximum Gasteiger partial charge on any atom is 0.337 e. The maximum absolute atomic E-state index is 12.0. The first kappa shape index (κ1) is 16.8. The van der Waals surface area contributed by atoms with Gasteiger partial charge in [-0.2, -0.15) is 0 Å². The molecule has 7 heteroatoms. The molecule has 0 aliphatic heterocycles. The molecular formula is C14H20N2O5. The standard InChI is InChI=1S/C14H20N2O5/c1-9(2)21-7-6-16(3)14(20)15-12-5-4-10(17)8-11(12)13(18)19/h4-5,8-9,17H,6-7H2,1-3H3,(H,15,20)(H,18,19). The Bertz CT molecular complexity index is 516. The molecule has 0 atom stereocenters. The van der Waals surface area contributed by atoms with Gasteiger partial charge in [0.1, 0.15) is 5.75 Å². The third-order valence-corrected chi connectivity index (χ3v) is 2.70. The summed E-state index contributed by atoms with van der Waals surface area (Å²) in [6, 6.07) is 3.29. The van der Waals surface area contributed by atoms with Crippen molar-refractivity contribution in [3.05, 3.63) is 23.8 Å². The highest BCUT2D eigenvalue weighted by Gasteiger charge is 2.15. The van der Waals surface area contributed by atoms with E-state index in [9.17, 15) is 14.7 Å². The number of carbonyl (C=O) groups excluding carboxylic acids is 1. The number of hydrogen-bond donors (Lipinski definition) is 3. The van der Waals surface area contributed by atoms with E-state index in [2.05, 4.69) is 5.32 Å². The van der Waals surface area contributed by atoms with Gasteiger partial charge in [0, 0.05) is 13.6 Å². The quantitative estimate of drug-likeness (QED) is 0.697. The number of phenols is 1. The lowest BCUT2D eigenvalue weighted by Gasteiger charge is -2.19. The van der Waals surface area contributed by atoms with Crippen LogP contribution in [0, 0.1) is 0 Å². The topological polar surface area (TPSA) is 99.1 Å². The summed E-state index contributed by atoms with van der Waals surface area (Å²) in [5.74, 6) is -1.41. The molecule has 1 rings (SSSR count). The molecule has 7 nitrogen and oxygen atoms in total. The highest BCUT2D eigenvalue weighted by atomic mass is 16.5. The Balaban J connectivity index is 2.68. The Kier molecular flexibility index (Phi) is 5.98. The van der Waals surface area contributed by atoms with Crippen molar-refractivity contribution in [1.29, 1.82) is 0 Å². The molecule has 0 heterocycles. The second-order valence-corrected chi connectivity index (χ2v) is 4.81. The number of rotatable bonds is 6. The first-order chi connectivity index (χ1) is 9.81. The molecule has 0 saturated heterocycles. The van der Waals surface area contributed by atoms with Crippen LogP contribution in [-0.2, 0) is 4.74 Å². The number of carboxylic acids is 1. The number of anilines is 1. The predicted molar refractivity (Wildman–Crippen MR) is 77.8 cm³/mol. The monoisotopic (exact) mass is 296 g/mol. The molecule has 3 N–H and O–H groups in total. The first-order valence-corrected chi connectivity index (χ1v) is 6.51. The van der Waals surface area contributed by atoms with E-state index in [4.69, 9.17) is 9.84 Å². The molecule has 0 spiro atoms. The maximum atomic E-state index is 12.0. The zero-order valence-electron chi connectivity index (χ0n) is 12.3. The number of carbonyl (C=O) groups is 2. The molecule has 0 saturated carbocycles. The van der Waals surface area contributed by atoms with E-state index in [0.29, 0.717) is 13.2 Å². The fraction of sp³-hybridized carbons (Fsp3) is 0.429. The molecule has 0 fully saturated rings. The first-order valence-electron chi connectivity index (χ1n) is 6.51. The highest BCUT2D eigenvalue weighted by molar-refractivity contribution is 6.00. The second kappa shape index (κ2) is 7.49. The van der Waals surface area contributed by atoms with Gasteiger partial charge in [0.2, 0.25) is 0 Å². The summed E-state index contributed by atoms with van der Waals surface area (Å²) in [5.41, 5.74) is -0.0443. The van der Waals surface area contributed by atoms with Gasteiger partial charge in [-0.05, 0) is 32.0 Å². The van der Waals surface area contributed by atoms with Gasteiger partial charge in [-0.1, -0.05) is 0 Å². The fourth-order valence-electron chi connectivity index (χ4n) is 1.56. The average molecular weight is 296 g/mol. The van der Waals surface area contributed by atoms with Crippen LogP contribution in [0.4, 0.5) is 10.5 Å². The number of amides is 2. The van der Waals surface area contributed by atoms with E-state index < -0.39 is 12.0 Å². The van der Waals surface area contributed by atoms with E-state index in [-0.39, 0.29) is 23.1 Å². The second-order valence-electron chi connectivity index (χ2n) is 4.81. The van der Waals surface area contributed by atoms with Crippen LogP contribution in [-0.4, -0.2) is 53.4 Å². The number of aromatic carboxylic acids is 1. The van der Waals surface area contributed by atoms with Crippen molar-refractivity contribution in [2.24, 2.45) is 0 Å². The van der Waals surface area contributed by atoms with Crippen molar-refractivity contribution < 1.29 is 24.5 Å². The zero-order chi connectivity index (χ0) is 16.0. The normalized spacial score (nSPS) is 10.5. The molecule has 0 bridgehead atoms. The van der Waals surface area contributed by atoms with E-state index >= 15 is 0 Å². The number of aromatic hydroxyl groups is 1. The lowest BCUT2D eigenvalue weighted by atomic mass is 10.1. The van der Waals surface area contributed by atoms with Crippen molar-refractivity contribution >= 4 is 17.7 Å². The molecule has 0 aromatic heterocycles. The number of likely N-dealkylation sites (N-methyl/N-ethyl adjacent to an activating group) is 1. The number of carboxylic acid groups (broad SMARTS) is 1. The van der Waals surface area contributed by atoms with Gasteiger partial charge in [-0.3, -0.25) is 0 Å². The smallest absolute Gasteiger partial charge is 0.337 e. The molecular weight excluding hydrogens is 276 g/mol. The van der Waals surface area contributed by atoms with Gasteiger partial charge < -0.3 is 25.2 Å². The third-order valence-electron chi connectivity index (χ3n) is 2.70. The van der Waals surface area contributed by atoms with E-state index in [1.807, 2.05) is 13.8 Å². The zero-order valence-corrected chi connectivity index (χ0v) is 12.3. The molecule has 2 amide bonds. The number of nitrogens with one attached hydrogen (secondary N) is 1. The molecule has 0 radical (unpaired) electrons. The predicted octanol–water partition coefficient (Wildman–Crippen LogP) is 1.98. The van der Waals surface area contributed by atoms with Crippen molar-refractivity contribution in [2.45, 2.75) is 20.0 Å². The highest BCUT2D eigenvalue weighted by Crippen LogP contribution is 2.21.